The molecular formula is C13H19ClN2. The average Bonchev–Trinajstić information content (AvgIpc) is 2.15. The largest absolute Gasteiger partial charge is 0.382 e. The summed E-state index contributed by atoms with van der Waals surface area (Å²) >= 11 is 5.97. The Kier molecular flexibility index (Phi) is 3.41. The zero-order chi connectivity index (χ0) is 11.6. The fourth-order valence-electron chi connectivity index (χ4n) is 2.31. The highest BCUT2D eigenvalue weighted by molar-refractivity contribution is 6.30. The van der Waals surface area contributed by atoms with E-state index in [0.29, 0.717) is 6.04 Å². The second kappa shape index (κ2) is 4.64. The molecule has 0 radical (unpaired) electrons. The molecule has 1 unspecified atom stereocenters. The Hall–Kier alpha value is -0.730. The molecule has 1 aliphatic heterocycles. The van der Waals surface area contributed by atoms with Crippen molar-refractivity contribution in [1.82, 2.24) is 5.32 Å². The third-order valence-electron chi connectivity index (χ3n) is 3.05. The van der Waals surface area contributed by atoms with E-state index in [1.54, 1.807) is 0 Å². The number of anilines is 1. The number of halogens is 1. The van der Waals surface area contributed by atoms with Crippen LogP contribution in [-0.4, -0.2) is 18.1 Å². The van der Waals surface area contributed by atoms with Gasteiger partial charge in [0.25, 0.3) is 0 Å². The van der Waals surface area contributed by atoms with Crippen molar-refractivity contribution in [2.75, 3.05) is 11.9 Å². The summed E-state index contributed by atoms with van der Waals surface area (Å²) in [5.74, 6) is 0. The van der Waals surface area contributed by atoms with Gasteiger partial charge in [-0.15, -0.1) is 0 Å². The fourth-order valence-corrected chi connectivity index (χ4v) is 2.50. The molecular weight excluding hydrogens is 220 g/mol. The Morgan fingerprint density at radius 1 is 1.44 bits per heavy atom. The lowest BCUT2D eigenvalue weighted by Crippen LogP contribution is -2.49. The van der Waals surface area contributed by atoms with Gasteiger partial charge in [0, 0.05) is 22.3 Å². The van der Waals surface area contributed by atoms with Gasteiger partial charge in [0.1, 0.15) is 0 Å². The molecule has 16 heavy (non-hydrogen) atoms. The molecule has 0 saturated carbocycles. The number of hydrogen-bond donors (Lipinski definition) is 2. The Morgan fingerprint density at radius 3 is 2.94 bits per heavy atom. The van der Waals surface area contributed by atoms with Crippen LogP contribution in [0.3, 0.4) is 0 Å². The standard InChI is InChI=1S/C13H19ClN2/c1-13(2)9-12(6-7-15-13)16-11-5-3-4-10(14)8-11/h3-5,8,12,15-16H,6-7,9H2,1-2H3. The summed E-state index contributed by atoms with van der Waals surface area (Å²) in [7, 11) is 0. The predicted molar refractivity (Wildman–Crippen MR) is 70.2 cm³/mol. The Morgan fingerprint density at radius 2 is 2.25 bits per heavy atom. The number of benzene rings is 1. The molecule has 88 valence electrons. The van der Waals surface area contributed by atoms with Crippen LogP contribution in [0.15, 0.2) is 24.3 Å². The quantitative estimate of drug-likeness (QED) is 0.826. The van der Waals surface area contributed by atoms with Crippen LogP contribution in [0.1, 0.15) is 26.7 Å². The lowest BCUT2D eigenvalue weighted by atomic mass is 9.89. The summed E-state index contributed by atoms with van der Waals surface area (Å²) in [5, 5.41) is 7.86. The minimum atomic E-state index is 0.231. The molecule has 0 bridgehead atoms. The van der Waals surface area contributed by atoms with Crippen molar-refractivity contribution in [2.45, 2.75) is 38.3 Å². The molecule has 1 fully saturated rings. The lowest BCUT2D eigenvalue weighted by molar-refractivity contribution is 0.286. The van der Waals surface area contributed by atoms with Gasteiger partial charge in [-0.3, -0.25) is 0 Å². The summed E-state index contributed by atoms with van der Waals surface area (Å²) in [5.41, 5.74) is 1.35. The van der Waals surface area contributed by atoms with Crippen molar-refractivity contribution in [2.24, 2.45) is 0 Å². The van der Waals surface area contributed by atoms with E-state index in [-0.39, 0.29) is 5.54 Å². The van der Waals surface area contributed by atoms with Crippen LogP contribution in [0.25, 0.3) is 0 Å². The van der Waals surface area contributed by atoms with E-state index in [4.69, 9.17) is 11.6 Å². The number of hydrogen-bond acceptors (Lipinski definition) is 2. The van der Waals surface area contributed by atoms with Gasteiger partial charge >= 0.3 is 0 Å². The first-order valence-electron chi connectivity index (χ1n) is 5.82. The third kappa shape index (κ3) is 3.13. The number of rotatable bonds is 2. The smallest absolute Gasteiger partial charge is 0.0426 e. The van der Waals surface area contributed by atoms with Crippen LogP contribution >= 0.6 is 11.6 Å². The topological polar surface area (TPSA) is 24.1 Å². The summed E-state index contributed by atoms with van der Waals surface area (Å²) in [6.07, 6.45) is 2.30. The Labute approximate surface area is 102 Å². The van der Waals surface area contributed by atoms with E-state index >= 15 is 0 Å². The molecule has 1 atom stereocenters. The second-order valence-electron chi connectivity index (χ2n) is 5.16. The van der Waals surface area contributed by atoms with Crippen LogP contribution in [0.5, 0.6) is 0 Å². The molecule has 2 nitrogen and oxygen atoms in total. The first-order chi connectivity index (χ1) is 7.55. The lowest BCUT2D eigenvalue weighted by Gasteiger charge is -2.37. The monoisotopic (exact) mass is 238 g/mol. The van der Waals surface area contributed by atoms with Crippen molar-refractivity contribution in [3.8, 4) is 0 Å². The molecule has 1 aliphatic rings. The molecule has 0 aromatic heterocycles. The summed E-state index contributed by atoms with van der Waals surface area (Å²) in [4.78, 5) is 0. The molecule has 0 amide bonds. The molecule has 2 N–H and O–H groups in total. The molecule has 1 saturated heterocycles. The number of nitrogens with one attached hydrogen (secondary N) is 2. The maximum atomic E-state index is 5.97. The highest BCUT2D eigenvalue weighted by Crippen LogP contribution is 2.23. The van der Waals surface area contributed by atoms with Gasteiger partial charge in [-0.05, 0) is 51.4 Å². The maximum absolute atomic E-state index is 5.97. The minimum absolute atomic E-state index is 0.231. The van der Waals surface area contributed by atoms with Crippen LogP contribution in [0.4, 0.5) is 5.69 Å². The van der Waals surface area contributed by atoms with E-state index in [1.807, 2.05) is 18.2 Å². The van der Waals surface area contributed by atoms with Gasteiger partial charge < -0.3 is 10.6 Å². The van der Waals surface area contributed by atoms with Gasteiger partial charge in [0.05, 0.1) is 0 Å². The third-order valence-corrected chi connectivity index (χ3v) is 3.28. The molecule has 0 aliphatic carbocycles. The van der Waals surface area contributed by atoms with Crippen molar-refractivity contribution in [1.29, 1.82) is 0 Å². The zero-order valence-corrected chi connectivity index (χ0v) is 10.6. The van der Waals surface area contributed by atoms with E-state index in [1.165, 1.54) is 0 Å². The maximum Gasteiger partial charge on any atom is 0.0426 e. The van der Waals surface area contributed by atoms with Crippen LogP contribution < -0.4 is 10.6 Å². The number of piperidine rings is 1. The predicted octanol–water partition coefficient (Wildman–Crippen LogP) is 3.28. The fraction of sp³-hybridized carbons (Fsp3) is 0.538. The van der Waals surface area contributed by atoms with Gasteiger partial charge in [-0.1, -0.05) is 17.7 Å². The van der Waals surface area contributed by atoms with Crippen molar-refractivity contribution >= 4 is 17.3 Å². The van der Waals surface area contributed by atoms with Crippen LogP contribution in [0, 0.1) is 0 Å². The van der Waals surface area contributed by atoms with Gasteiger partial charge in [-0.25, -0.2) is 0 Å². The van der Waals surface area contributed by atoms with Gasteiger partial charge in [0.2, 0.25) is 0 Å². The van der Waals surface area contributed by atoms with Crippen LogP contribution in [0.2, 0.25) is 5.02 Å². The van der Waals surface area contributed by atoms with E-state index in [2.05, 4.69) is 30.5 Å². The molecule has 3 heteroatoms. The first kappa shape index (κ1) is 11.7. The van der Waals surface area contributed by atoms with Gasteiger partial charge in [0.15, 0.2) is 0 Å². The normalized spacial score (nSPS) is 24.1. The highest BCUT2D eigenvalue weighted by Gasteiger charge is 2.27. The van der Waals surface area contributed by atoms with Crippen LogP contribution in [-0.2, 0) is 0 Å². The Bertz CT molecular complexity index is 363. The van der Waals surface area contributed by atoms with Crippen molar-refractivity contribution in [3.05, 3.63) is 29.3 Å². The highest BCUT2D eigenvalue weighted by atomic mass is 35.5. The molecule has 1 aromatic rings. The first-order valence-corrected chi connectivity index (χ1v) is 6.20. The van der Waals surface area contributed by atoms with Crippen molar-refractivity contribution < 1.29 is 0 Å². The van der Waals surface area contributed by atoms with Crippen molar-refractivity contribution in [3.63, 3.8) is 0 Å². The summed E-state index contributed by atoms with van der Waals surface area (Å²) < 4.78 is 0. The minimum Gasteiger partial charge on any atom is -0.382 e. The zero-order valence-electron chi connectivity index (χ0n) is 9.89. The molecule has 1 aromatic carbocycles. The second-order valence-corrected chi connectivity index (χ2v) is 5.59. The Balaban J connectivity index is 1.99. The molecule has 0 spiro atoms. The summed E-state index contributed by atoms with van der Waals surface area (Å²) in [6, 6.07) is 8.47. The SMILES string of the molecule is CC1(C)CC(Nc2cccc(Cl)c2)CCN1. The van der Waals surface area contributed by atoms with E-state index < -0.39 is 0 Å². The summed E-state index contributed by atoms with van der Waals surface area (Å²) in [6.45, 7) is 5.57. The molecule has 1 heterocycles. The van der Waals surface area contributed by atoms with Gasteiger partial charge in [-0.2, -0.15) is 0 Å². The van der Waals surface area contributed by atoms with E-state index in [0.717, 1.165) is 30.1 Å². The van der Waals surface area contributed by atoms with E-state index in [9.17, 15) is 0 Å². The average molecular weight is 239 g/mol. The molecule has 2 rings (SSSR count).